The number of unbranched alkanes of at least 4 members (excludes halogenated alkanes) is 26. The Morgan fingerprint density at radius 3 is 1.40 bits per heavy atom. The molecule has 324 valence electrons. The zero-order valence-electron chi connectivity index (χ0n) is 35.0. The molecule has 4 N–H and O–H groups in total. The first-order chi connectivity index (χ1) is 26.6. The molecule has 0 aliphatic carbocycles. The summed E-state index contributed by atoms with van der Waals surface area (Å²) < 4.78 is 32.7. The summed E-state index contributed by atoms with van der Waals surface area (Å²) in [6, 6.07) is -1.52. The molecule has 0 saturated heterocycles. The number of ether oxygens (including phenoxy) is 2. The Kier molecular flexibility index (Phi) is 37.8. The minimum absolute atomic E-state index is 0.143. The maximum atomic E-state index is 12.6. The number of esters is 2. The number of hydrogen-bond donors (Lipinski definition) is 3. The van der Waals surface area contributed by atoms with Crippen molar-refractivity contribution in [3.63, 3.8) is 0 Å². The van der Waals surface area contributed by atoms with Crippen LogP contribution in [0.2, 0.25) is 0 Å². The predicted molar refractivity (Wildman–Crippen MR) is 222 cm³/mol. The van der Waals surface area contributed by atoms with Crippen molar-refractivity contribution in [2.24, 2.45) is 5.73 Å². The van der Waals surface area contributed by atoms with Gasteiger partial charge in [0.15, 0.2) is 6.10 Å². The molecule has 3 atom stereocenters. The molecule has 0 saturated carbocycles. The fourth-order valence-electron chi connectivity index (χ4n) is 6.26. The summed E-state index contributed by atoms with van der Waals surface area (Å²) in [5, 5.41) is 8.88. The largest absolute Gasteiger partial charge is 0.480 e. The Morgan fingerprint density at radius 1 is 0.545 bits per heavy atom. The van der Waals surface area contributed by atoms with E-state index in [0.29, 0.717) is 12.8 Å². The molecule has 0 amide bonds. The lowest BCUT2D eigenvalue weighted by molar-refractivity contribution is -0.161. The lowest BCUT2D eigenvalue weighted by Crippen LogP contribution is -2.34. The Morgan fingerprint density at radius 2 is 0.945 bits per heavy atom. The van der Waals surface area contributed by atoms with Crippen LogP contribution in [0.4, 0.5) is 0 Å². The van der Waals surface area contributed by atoms with E-state index in [1.165, 1.54) is 141 Å². The molecule has 1 unspecified atom stereocenters. The zero-order valence-corrected chi connectivity index (χ0v) is 35.9. The van der Waals surface area contributed by atoms with Crippen molar-refractivity contribution in [3.8, 4) is 0 Å². The number of carbonyl (C=O) groups is 3. The Balaban J connectivity index is 4.36. The highest BCUT2D eigenvalue weighted by Crippen LogP contribution is 2.43. The van der Waals surface area contributed by atoms with Crippen LogP contribution in [0.25, 0.3) is 0 Å². The third kappa shape index (κ3) is 38.9. The van der Waals surface area contributed by atoms with Crippen LogP contribution in [0.1, 0.15) is 213 Å². The lowest BCUT2D eigenvalue weighted by atomic mass is 10.0. The van der Waals surface area contributed by atoms with E-state index >= 15 is 0 Å². The fourth-order valence-corrected chi connectivity index (χ4v) is 7.04. The van der Waals surface area contributed by atoms with Crippen LogP contribution < -0.4 is 5.73 Å². The minimum Gasteiger partial charge on any atom is -0.480 e. The smallest absolute Gasteiger partial charge is 0.472 e. The summed E-state index contributed by atoms with van der Waals surface area (Å²) in [6.07, 6.45) is 38.6. The van der Waals surface area contributed by atoms with Gasteiger partial charge < -0.3 is 25.2 Å². The van der Waals surface area contributed by atoms with Crippen molar-refractivity contribution in [1.29, 1.82) is 0 Å². The number of phosphoric acid groups is 1. The third-order valence-electron chi connectivity index (χ3n) is 9.78. The highest BCUT2D eigenvalue weighted by molar-refractivity contribution is 7.47. The molecular weight excluding hydrogens is 721 g/mol. The molecule has 0 heterocycles. The SMILES string of the molecule is CCCCCCCCCCCCC/C=C/CCC(=O)OC[C@H](COP(=O)(O)OC[C@H](N)C(=O)O)OC(=O)CCCCCCCCCCCCCCCCCC. The van der Waals surface area contributed by atoms with E-state index in [2.05, 4.69) is 24.4 Å². The van der Waals surface area contributed by atoms with Gasteiger partial charge in [0.1, 0.15) is 12.6 Å². The van der Waals surface area contributed by atoms with Gasteiger partial charge in [0.25, 0.3) is 0 Å². The molecule has 55 heavy (non-hydrogen) atoms. The van der Waals surface area contributed by atoms with E-state index in [1.807, 2.05) is 6.08 Å². The maximum absolute atomic E-state index is 12.6. The summed E-state index contributed by atoms with van der Waals surface area (Å²) in [6.45, 7) is 2.79. The van der Waals surface area contributed by atoms with Crippen LogP contribution in [0, 0.1) is 0 Å². The quantitative estimate of drug-likeness (QED) is 0.0232. The Hall–Kier alpha value is -1.78. The van der Waals surface area contributed by atoms with Crippen LogP contribution >= 0.6 is 7.82 Å². The van der Waals surface area contributed by atoms with Crippen molar-refractivity contribution >= 4 is 25.7 Å². The van der Waals surface area contributed by atoms with Crippen molar-refractivity contribution in [3.05, 3.63) is 12.2 Å². The molecule has 0 aromatic rings. The molecule has 0 rings (SSSR count). The average molecular weight is 804 g/mol. The van der Waals surface area contributed by atoms with Crippen molar-refractivity contribution in [2.75, 3.05) is 19.8 Å². The standard InChI is InChI=1S/C43H82NO10P/c1-3-5-7-9-11-13-15-17-19-21-23-25-27-29-31-33-35-42(46)54-39(37-52-55(49,50)53-38-40(44)43(47)48)36-51-41(45)34-32-30-28-26-24-22-20-18-16-14-12-10-8-6-4-2/h28,30,39-40H,3-27,29,31-38,44H2,1-2H3,(H,47,48)(H,49,50)/b30-28+/t39-,40+/m1/s1. The molecule has 0 aliphatic rings. The van der Waals surface area contributed by atoms with Crippen LogP contribution in [0.5, 0.6) is 0 Å². The summed E-state index contributed by atoms with van der Waals surface area (Å²) in [7, 11) is -4.72. The molecule has 0 radical (unpaired) electrons. The third-order valence-corrected chi connectivity index (χ3v) is 10.7. The van der Waals surface area contributed by atoms with Gasteiger partial charge in [-0.05, 0) is 25.7 Å². The van der Waals surface area contributed by atoms with E-state index in [9.17, 15) is 23.8 Å². The maximum Gasteiger partial charge on any atom is 0.472 e. The summed E-state index contributed by atoms with van der Waals surface area (Å²) in [5.41, 5.74) is 5.33. The van der Waals surface area contributed by atoms with E-state index in [0.717, 1.165) is 32.1 Å². The summed E-state index contributed by atoms with van der Waals surface area (Å²) in [5.74, 6) is -2.42. The second-order valence-electron chi connectivity index (χ2n) is 15.2. The second kappa shape index (κ2) is 39.1. The van der Waals surface area contributed by atoms with E-state index in [1.54, 1.807) is 0 Å². The number of nitrogens with two attached hydrogens (primary N) is 1. The number of aliphatic carboxylic acids is 1. The van der Waals surface area contributed by atoms with Gasteiger partial charge >= 0.3 is 25.7 Å². The molecule has 0 aromatic carbocycles. The number of rotatable bonds is 42. The number of carboxylic acid groups (broad SMARTS) is 1. The number of carbonyl (C=O) groups excluding carboxylic acids is 2. The Labute approximate surface area is 335 Å². The van der Waals surface area contributed by atoms with Gasteiger partial charge in [-0.15, -0.1) is 0 Å². The first kappa shape index (κ1) is 53.2. The van der Waals surface area contributed by atoms with E-state index < -0.39 is 51.1 Å². The van der Waals surface area contributed by atoms with Gasteiger partial charge in [-0.25, -0.2) is 4.57 Å². The summed E-state index contributed by atoms with van der Waals surface area (Å²) >= 11 is 0. The van der Waals surface area contributed by atoms with Crippen molar-refractivity contribution in [1.82, 2.24) is 0 Å². The van der Waals surface area contributed by atoms with Gasteiger partial charge in [-0.3, -0.25) is 23.4 Å². The van der Waals surface area contributed by atoms with Crippen LogP contribution in [0.15, 0.2) is 12.2 Å². The molecule has 0 bridgehead atoms. The normalized spacial score (nSPS) is 13.8. The van der Waals surface area contributed by atoms with Crippen LogP contribution in [-0.2, 0) is 37.5 Å². The lowest BCUT2D eigenvalue weighted by Gasteiger charge is -2.20. The Bertz CT molecular complexity index is 995. The minimum atomic E-state index is -4.72. The van der Waals surface area contributed by atoms with Gasteiger partial charge in [-0.2, -0.15) is 0 Å². The number of carboxylic acids is 1. The first-order valence-electron chi connectivity index (χ1n) is 22.2. The topological polar surface area (TPSA) is 172 Å². The highest BCUT2D eigenvalue weighted by atomic mass is 31.2. The predicted octanol–water partition coefficient (Wildman–Crippen LogP) is 11.7. The molecular formula is C43H82NO10P. The number of hydrogen-bond acceptors (Lipinski definition) is 9. The molecule has 0 spiro atoms. The van der Waals surface area contributed by atoms with Crippen molar-refractivity contribution in [2.45, 2.75) is 225 Å². The number of allylic oxidation sites excluding steroid dienone is 2. The molecule has 0 aliphatic heterocycles. The second-order valence-corrected chi connectivity index (χ2v) is 16.6. The van der Waals surface area contributed by atoms with Crippen LogP contribution in [0.3, 0.4) is 0 Å². The molecule has 11 nitrogen and oxygen atoms in total. The summed E-state index contributed by atoms with van der Waals surface area (Å²) in [4.78, 5) is 45.9. The molecule has 0 aromatic heterocycles. The van der Waals surface area contributed by atoms with E-state index in [-0.39, 0.29) is 19.4 Å². The van der Waals surface area contributed by atoms with Gasteiger partial charge in [0.05, 0.1) is 13.2 Å². The highest BCUT2D eigenvalue weighted by Gasteiger charge is 2.28. The molecule has 0 fully saturated rings. The average Bonchev–Trinajstić information content (AvgIpc) is 3.16. The zero-order chi connectivity index (χ0) is 40.7. The van der Waals surface area contributed by atoms with Gasteiger partial charge in [-0.1, -0.05) is 187 Å². The van der Waals surface area contributed by atoms with Crippen LogP contribution in [-0.4, -0.2) is 59.9 Å². The number of phosphoric ester groups is 1. The first-order valence-corrected chi connectivity index (χ1v) is 23.7. The van der Waals surface area contributed by atoms with Gasteiger partial charge in [0, 0.05) is 12.8 Å². The fraction of sp³-hybridized carbons (Fsp3) is 0.884. The van der Waals surface area contributed by atoms with Crippen molar-refractivity contribution < 1.29 is 47.5 Å². The monoisotopic (exact) mass is 804 g/mol. The van der Waals surface area contributed by atoms with E-state index in [4.69, 9.17) is 24.8 Å². The molecule has 12 heteroatoms. The van der Waals surface area contributed by atoms with Gasteiger partial charge in [0.2, 0.25) is 0 Å².